The first-order valence-electron chi connectivity index (χ1n) is 0.928. The molecule has 8 heavy (non-hydrogen) atoms. The van der Waals surface area contributed by atoms with E-state index < -0.39 is 5.97 Å². The van der Waals surface area contributed by atoms with Crippen molar-refractivity contribution in [1.29, 1.82) is 0 Å². The van der Waals surface area contributed by atoms with Gasteiger partial charge in [-0.15, -0.1) is 0 Å². The summed E-state index contributed by atoms with van der Waals surface area (Å²) in [5.74, 6) is -0.833. The number of hydrogen-bond acceptors (Lipinski definition) is 1. The van der Waals surface area contributed by atoms with Crippen LogP contribution in [0.2, 0.25) is 0 Å². The summed E-state index contributed by atoms with van der Waals surface area (Å²) < 4.78 is 0. The summed E-state index contributed by atoms with van der Waals surface area (Å²) in [6.07, 6.45) is 0. The molecule has 0 aliphatic rings. The van der Waals surface area contributed by atoms with E-state index in [-0.39, 0.29) is 78.9 Å². The largest absolute Gasteiger partial charge is 2.00 e. The van der Waals surface area contributed by atoms with Crippen LogP contribution in [0.1, 0.15) is 8.35 Å². The van der Waals surface area contributed by atoms with E-state index in [9.17, 15) is 0 Å². The maximum Gasteiger partial charge on any atom is 2.00 e. The second-order valence-corrected chi connectivity index (χ2v) is 0.519. The van der Waals surface area contributed by atoms with Crippen LogP contribution in [-0.4, -0.2) is 34.1 Å². The fourth-order valence-electron chi connectivity index (χ4n) is 0. The summed E-state index contributed by atoms with van der Waals surface area (Å²) in [4.78, 5) is 9.00. The Kier molecular flexibility index (Phi) is 95.5. The minimum Gasteiger partial charge on any atom is -1.00 e. The Morgan fingerprint density at radius 2 is 1.50 bits per heavy atom. The second-order valence-electron chi connectivity index (χ2n) is 0.519. The van der Waals surface area contributed by atoms with E-state index in [4.69, 9.17) is 9.90 Å². The Morgan fingerprint density at radius 3 is 1.50 bits per heavy atom. The SMILES string of the molecule is CC(=O)O.[Cl-].[Cl-].[H-].[Mg+2].[Na+]. The molecule has 0 bridgehead atoms. The van der Waals surface area contributed by atoms with E-state index in [0.717, 1.165) is 6.92 Å². The van der Waals surface area contributed by atoms with Crippen molar-refractivity contribution in [2.24, 2.45) is 0 Å². The second kappa shape index (κ2) is 23.2. The Bertz CT molecular complexity index is 45.5. The van der Waals surface area contributed by atoms with Gasteiger partial charge in [0.2, 0.25) is 0 Å². The molecule has 0 aromatic rings. The van der Waals surface area contributed by atoms with Gasteiger partial charge >= 0.3 is 52.6 Å². The molecule has 6 heteroatoms. The third kappa shape index (κ3) is 110. The van der Waals surface area contributed by atoms with Gasteiger partial charge in [-0.05, 0) is 0 Å². The number of carboxylic acids is 1. The van der Waals surface area contributed by atoms with Gasteiger partial charge in [0.05, 0.1) is 0 Å². The number of aliphatic carboxylic acids is 1. The molecule has 0 radical (unpaired) electrons. The normalized spacial score (nSPS) is 3.12. The average Bonchev–Trinajstić information content (AvgIpc) is 0.811. The third-order valence-electron chi connectivity index (χ3n) is 0. The summed E-state index contributed by atoms with van der Waals surface area (Å²) in [6.45, 7) is 1.08. The molecule has 0 aliphatic carbocycles. The molecule has 42 valence electrons. The van der Waals surface area contributed by atoms with Crippen LogP contribution in [-0.2, 0) is 4.79 Å². The Hall–Kier alpha value is 1.82. The van der Waals surface area contributed by atoms with Gasteiger partial charge in [0, 0.05) is 6.92 Å². The van der Waals surface area contributed by atoms with E-state index >= 15 is 0 Å². The minimum absolute atomic E-state index is 0. The molecular formula is C2H5Cl2MgNaO2. The molecule has 0 amide bonds. The quantitative estimate of drug-likeness (QED) is 0.375. The van der Waals surface area contributed by atoms with E-state index in [1.165, 1.54) is 0 Å². The van der Waals surface area contributed by atoms with Crippen LogP contribution in [0.3, 0.4) is 0 Å². The van der Waals surface area contributed by atoms with Crippen LogP contribution in [0.5, 0.6) is 0 Å². The van der Waals surface area contributed by atoms with Gasteiger partial charge in [-0.2, -0.15) is 0 Å². The number of rotatable bonds is 0. The van der Waals surface area contributed by atoms with Crippen molar-refractivity contribution in [2.45, 2.75) is 6.92 Å². The molecule has 0 fully saturated rings. The molecule has 0 spiro atoms. The summed E-state index contributed by atoms with van der Waals surface area (Å²) >= 11 is 0. The topological polar surface area (TPSA) is 37.3 Å². The summed E-state index contributed by atoms with van der Waals surface area (Å²) in [7, 11) is 0. The Labute approximate surface area is 101 Å². The van der Waals surface area contributed by atoms with Crippen molar-refractivity contribution in [3.8, 4) is 0 Å². The number of carbonyl (C=O) groups is 1. The van der Waals surface area contributed by atoms with Gasteiger partial charge in [-0.25, -0.2) is 0 Å². The van der Waals surface area contributed by atoms with Gasteiger partial charge in [0.15, 0.2) is 0 Å². The van der Waals surface area contributed by atoms with Crippen LogP contribution in [0, 0.1) is 0 Å². The average molecular weight is 179 g/mol. The van der Waals surface area contributed by atoms with Crippen molar-refractivity contribution in [3.05, 3.63) is 0 Å². The monoisotopic (exact) mass is 178 g/mol. The molecule has 0 atom stereocenters. The molecule has 0 saturated carbocycles. The van der Waals surface area contributed by atoms with Crippen LogP contribution >= 0.6 is 0 Å². The van der Waals surface area contributed by atoms with Crippen LogP contribution in [0.15, 0.2) is 0 Å². The molecule has 0 aliphatic heterocycles. The molecule has 0 aromatic heterocycles. The van der Waals surface area contributed by atoms with E-state index in [1.54, 1.807) is 0 Å². The minimum atomic E-state index is -0.833. The summed E-state index contributed by atoms with van der Waals surface area (Å²) in [6, 6.07) is 0. The van der Waals surface area contributed by atoms with Crippen molar-refractivity contribution in [3.63, 3.8) is 0 Å². The zero-order chi connectivity index (χ0) is 3.58. The molecule has 0 rings (SSSR count). The number of hydrogen-bond donors (Lipinski definition) is 1. The molecule has 0 unspecified atom stereocenters. The van der Waals surface area contributed by atoms with Crippen molar-refractivity contribution in [2.75, 3.05) is 0 Å². The Balaban J connectivity index is -0.00000000450. The smallest absolute Gasteiger partial charge is 1.00 e. The summed E-state index contributed by atoms with van der Waals surface area (Å²) in [5.41, 5.74) is 0. The van der Waals surface area contributed by atoms with Crippen molar-refractivity contribution in [1.82, 2.24) is 0 Å². The van der Waals surface area contributed by atoms with E-state index in [2.05, 4.69) is 0 Å². The third-order valence-corrected chi connectivity index (χ3v) is 0. The fourth-order valence-corrected chi connectivity index (χ4v) is 0. The fraction of sp³-hybridized carbons (Fsp3) is 0.500. The molecule has 0 heterocycles. The number of carboxylic acid groups (broad SMARTS) is 1. The van der Waals surface area contributed by atoms with Gasteiger partial charge in [0.25, 0.3) is 5.97 Å². The van der Waals surface area contributed by atoms with Crippen LogP contribution < -0.4 is 54.4 Å². The first-order chi connectivity index (χ1) is 1.73. The van der Waals surface area contributed by atoms with Gasteiger partial charge < -0.3 is 31.3 Å². The summed E-state index contributed by atoms with van der Waals surface area (Å²) in [5, 5.41) is 7.42. The number of halogens is 2. The maximum absolute atomic E-state index is 9.00. The van der Waals surface area contributed by atoms with Crippen LogP contribution in [0.4, 0.5) is 0 Å². The molecule has 2 nitrogen and oxygen atoms in total. The molecule has 0 aromatic carbocycles. The van der Waals surface area contributed by atoms with E-state index in [0.29, 0.717) is 0 Å². The van der Waals surface area contributed by atoms with E-state index in [1.807, 2.05) is 0 Å². The van der Waals surface area contributed by atoms with Crippen LogP contribution in [0.25, 0.3) is 0 Å². The molecular weight excluding hydrogens is 174 g/mol. The van der Waals surface area contributed by atoms with Gasteiger partial charge in [-0.3, -0.25) is 4.79 Å². The van der Waals surface area contributed by atoms with Crippen molar-refractivity contribution >= 4 is 29.0 Å². The predicted octanol–water partition coefficient (Wildman–Crippen LogP) is -9.17. The van der Waals surface area contributed by atoms with Gasteiger partial charge in [0.1, 0.15) is 0 Å². The van der Waals surface area contributed by atoms with Gasteiger partial charge in [-0.1, -0.05) is 0 Å². The zero-order valence-corrected chi connectivity index (χ0v) is 9.74. The first kappa shape index (κ1) is 32.9. The molecule has 1 N–H and O–H groups in total. The van der Waals surface area contributed by atoms with Crippen molar-refractivity contribution < 1.29 is 65.7 Å². The standard InChI is InChI=1S/C2H4O2.2ClH.Mg.Na.H/c1-2(3)4;;;;;/h1H3,(H,3,4);2*1H;;;/q;;;+2;+1;-1/p-2. The Morgan fingerprint density at radius 1 is 1.50 bits per heavy atom. The molecule has 0 saturated heterocycles. The predicted molar refractivity (Wildman–Crippen MR) is 20.2 cm³/mol. The maximum atomic E-state index is 9.00. The zero-order valence-electron chi connectivity index (χ0n) is 5.82. The first-order valence-corrected chi connectivity index (χ1v) is 0.928.